The van der Waals surface area contributed by atoms with Crippen LogP contribution in [0.5, 0.6) is 5.75 Å². The number of aromatic nitrogens is 4. The van der Waals surface area contributed by atoms with E-state index >= 15 is 0 Å². The summed E-state index contributed by atoms with van der Waals surface area (Å²) in [4.78, 5) is 17.2. The van der Waals surface area contributed by atoms with Gasteiger partial charge in [0.15, 0.2) is 12.4 Å². The van der Waals surface area contributed by atoms with Crippen LogP contribution in [0.2, 0.25) is 0 Å². The molecule has 0 fully saturated rings. The average Bonchev–Trinajstić information content (AvgIpc) is 3.46. The first-order valence-electron chi connectivity index (χ1n) is 9.84. The number of hydrogen-bond acceptors (Lipinski definition) is 7. The molecule has 0 amide bonds. The van der Waals surface area contributed by atoms with E-state index in [-0.39, 0.29) is 18.4 Å². The Labute approximate surface area is 179 Å². The van der Waals surface area contributed by atoms with E-state index < -0.39 is 5.97 Å². The Balaban J connectivity index is 1.63. The monoisotopic (exact) mass is 418 g/mol. The zero-order chi connectivity index (χ0) is 21.8. The summed E-state index contributed by atoms with van der Waals surface area (Å²) in [6.07, 6.45) is 1.66. The minimum atomic E-state index is -0.530. The van der Waals surface area contributed by atoms with Gasteiger partial charge in [0.1, 0.15) is 17.0 Å². The molecule has 0 aliphatic rings. The number of esters is 1. The normalized spacial score (nSPS) is 11.0. The molecular formula is C23H22N4O4. The molecule has 0 spiro atoms. The molecule has 0 saturated heterocycles. The molecule has 8 nitrogen and oxygen atoms in total. The van der Waals surface area contributed by atoms with Gasteiger partial charge in [0.25, 0.3) is 5.89 Å². The zero-order valence-electron chi connectivity index (χ0n) is 17.5. The summed E-state index contributed by atoms with van der Waals surface area (Å²) in [5.41, 5.74) is 2.43. The molecule has 0 aliphatic carbocycles. The van der Waals surface area contributed by atoms with Crippen molar-refractivity contribution in [1.82, 2.24) is 19.9 Å². The van der Waals surface area contributed by atoms with E-state index in [0.29, 0.717) is 22.8 Å². The van der Waals surface area contributed by atoms with Gasteiger partial charge in [-0.25, -0.2) is 9.48 Å². The van der Waals surface area contributed by atoms with Gasteiger partial charge >= 0.3 is 5.97 Å². The maximum atomic E-state index is 12.9. The second kappa shape index (κ2) is 8.83. The summed E-state index contributed by atoms with van der Waals surface area (Å²) in [7, 11) is 1.60. The number of para-hydroxylation sites is 1. The Kier molecular flexibility index (Phi) is 5.79. The van der Waals surface area contributed by atoms with Gasteiger partial charge in [-0.05, 0) is 36.4 Å². The molecule has 2 aromatic heterocycles. The summed E-state index contributed by atoms with van der Waals surface area (Å²) < 4.78 is 17.5. The summed E-state index contributed by atoms with van der Waals surface area (Å²) >= 11 is 0. The minimum absolute atomic E-state index is 0.114. The molecule has 4 aromatic rings. The van der Waals surface area contributed by atoms with Crippen LogP contribution in [0.25, 0.3) is 16.9 Å². The van der Waals surface area contributed by atoms with Crippen LogP contribution >= 0.6 is 0 Å². The molecule has 0 bridgehead atoms. The van der Waals surface area contributed by atoms with Crippen LogP contribution in [0.4, 0.5) is 0 Å². The third-order valence-electron chi connectivity index (χ3n) is 4.65. The average molecular weight is 418 g/mol. The standard InChI is InChI=1S/C23H22N4O4/c1-15(2)22-24-20(31-26-22)14-30-23(28)19-13-27(17-7-5-4-6-8-17)25-21(19)16-9-11-18(29-3)12-10-16/h4-13,15H,14H2,1-3H3. The van der Waals surface area contributed by atoms with Gasteiger partial charge in [0.2, 0.25) is 0 Å². The predicted molar refractivity (Wildman–Crippen MR) is 113 cm³/mol. The van der Waals surface area contributed by atoms with Crippen molar-refractivity contribution in [2.24, 2.45) is 0 Å². The zero-order valence-corrected chi connectivity index (χ0v) is 17.5. The maximum Gasteiger partial charge on any atom is 0.342 e. The van der Waals surface area contributed by atoms with Crippen LogP contribution in [0.1, 0.15) is 41.8 Å². The third kappa shape index (κ3) is 4.48. The van der Waals surface area contributed by atoms with E-state index in [9.17, 15) is 4.79 Å². The Hall–Kier alpha value is -3.94. The van der Waals surface area contributed by atoms with Crippen LogP contribution in [0, 0.1) is 0 Å². The van der Waals surface area contributed by atoms with Crippen molar-refractivity contribution in [2.75, 3.05) is 7.11 Å². The van der Waals surface area contributed by atoms with Gasteiger partial charge in [-0.1, -0.05) is 37.2 Å². The number of carbonyl (C=O) groups excluding carboxylic acids is 1. The number of benzene rings is 2. The summed E-state index contributed by atoms with van der Waals surface area (Å²) in [5, 5.41) is 8.52. The Bertz CT molecular complexity index is 1160. The van der Waals surface area contributed by atoms with Crippen molar-refractivity contribution < 1.29 is 18.8 Å². The van der Waals surface area contributed by atoms with Crippen molar-refractivity contribution >= 4 is 5.97 Å². The molecule has 0 saturated carbocycles. The molecule has 0 aliphatic heterocycles. The summed E-state index contributed by atoms with van der Waals surface area (Å²) in [6, 6.07) is 16.9. The Morgan fingerprint density at radius 1 is 1.10 bits per heavy atom. The Morgan fingerprint density at radius 3 is 2.48 bits per heavy atom. The second-order valence-electron chi connectivity index (χ2n) is 7.18. The summed E-state index contributed by atoms with van der Waals surface area (Å²) in [6.45, 7) is 3.80. The van der Waals surface area contributed by atoms with Crippen LogP contribution < -0.4 is 4.74 Å². The van der Waals surface area contributed by atoms with Crippen molar-refractivity contribution in [3.05, 3.63) is 78.1 Å². The third-order valence-corrected chi connectivity index (χ3v) is 4.65. The van der Waals surface area contributed by atoms with Crippen LogP contribution in [0.3, 0.4) is 0 Å². The van der Waals surface area contributed by atoms with Gasteiger partial charge < -0.3 is 14.0 Å². The van der Waals surface area contributed by atoms with Crippen molar-refractivity contribution in [3.8, 4) is 22.7 Å². The minimum Gasteiger partial charge on any atom is -0.497 e. The lowest BCUT2D eigenvalue weighted by Crippen LogP contribution is -2.06. The molecule has 8 heteroatoms. The lowest BCUT2D eigenvalue weighted by atomic mass is 10.1. The first-order valence-corrected chi connectivity index (χ1v) is 9.84. The molecule has 0 unspecified atom stereocenters. The first-order chi connectivity index (χ1) is 15.0. The van der Waals surface area contributed by atoms with Gasteiger partial charge in [-0.2, -0.15) is 10.1 Å². The van der Waals surface area contributed by atoms with Gasteiger partial charge in [-0.15, -0.1) is 0 Å². The number of ether oxygens (including phenoxy) is 2. The molecule has 0 radical (unpaired) electrons. The topological polar surface area (TPSA) is 92.3 Å². The molecule has 2 heterocycles. The highest BCUT2D eigenvalue weighted by Crippen LogP contribution is 2.26. The number of methoxy groups -OCH3 is 1. The number of nitrogens with zero attached hydrogens (tertiary/aromatic N) is 4. The number of hydrogen-bond donors (Lipinski definition) is 0. The number of carbonyl (C=O) groups is 1. The lowest BCUT2D eigenvalue weighted by molar-refractivity contribution is 0.0430. The molecule has 158 valence electrons. The van der Waals surface area contributed by atoms with E-state index in [2.05, 4.69) is 15.2 Å². The lowest BCUT2D eigenvalue weighted by Gasteiger charge is -2.04. The highest BCUT2D eigenvalue weighted by molar-refractivity contribution is 5.96. The SMILES string of the molecule is COc1ccc(-c2nn(-c3ccccc3)cc2C(=O)OCc2nc(C(C)C)no2)cc1. The smallest absolute Gasteiger partial charge is 0.342 e. The van der Waals surface area contributed by atoms with Crippen molar-refractivity contribution in [2.45, 2.75) is 26.4 Å². The van der Waals surface area contributed by atoms with E-state index in [0.717, 1.165) is 11.3 Å². The van der Waals surface area contributed by atoms with E-state index in [1.165, 1.54) is 0 Å². The highest BCUT2D eigenvalue weighted by Gasteiger charge is 2.21. The molecule has 0 N–H and O–H groups in total. The van der Waals surface area contributed by atoms with E-state index in [4.69, 9.17) is 14.0 Å². The largest absolute Gasteiger partial charge is 0.497 e. The fourth-order valence-electron chi connectivity index (χ4n) is 2.96. The fourth-order valence-corrected chi connectivity index (χ4v) is 2.96. The van der Waals surface area contributed by atoms with E-state index in [1.54, 1.807) is 18.0 Å². The fraction of sp³-hybridized carbons (Fsp3) is 0.217. The highest BCUT2D eigenvalue weighted by atomic mass is 16.6. The van der Waals surface area contributed by atoms with Crippen molar-refractivity contribution in [3.63, 3.8) is 0 Å². The second-order valence-corrected chi connectivity index (χ2v) is 7.18. The molecule has 31 heavy (non-hydrogen) atoms. The van der Waals surface area contributed by atoms with E-state index in [1.807, 2.05) is 68.4 Å². The van der Waals surface area contributed by atoms with Gasteiger partial charge in [0.05, 0.1) is 12.8 Å². The van der Waals surface area contributed by atoms with Gasteiger partial charge in [-0.3, -0.25) is 0 Å². The Morgan fingerprint density at radius 2 is 1.84 bits per heavy atom. The molecule has 0 atom stereocenters. The summed E-state index contributed by atoms with van der Waals surface area (Å²) in [5.74, 6) is 1.13. The molecular weight excluding hydrogens is 396 g/mol. The first kappa shape index (κ1) is 20.3. The predicted octanol–water partition coefficient (Wildman–Crippen LogP) is 4.41. The quantitative estimate of drug-likeness (QED) is 0.410. The number of rotatable bonds is 7. The van der Waals surface area contributed by atoms with Crippen molar-refractivity contribution in [1.29, 1.82) is 0 Å². The van der Waals surface area contributed by atoms with Gasteiger partial charge in [0, 0.05) is 17.7 Å². The maximum absolute atomic E-state index is 12.9. The molecule has 2 aromatic carbocycles. The van der Waals surface area contributed by atoms with Crippen LogP contribution in [-0.2, 0) is 11.3 Å². The van der Waals surface area contributed by atoms with Crippen LogP contribution in [0.15, 0.2) is 65.3 Å². The molecule has 4 rings (SSSR count). The van der Waals surface area contributed by atoms with Crippen LogP contribution in [-0.4, -0.2) is 33.0 Å².